The third-order valence-electron chi connectivity index (χ3n) is 2.20. The van der Waals surface area contributed by atoms with E-state index < -0.39 is 0 Å². The van der Waals surface area contributed by atoms with Gasteiger partial charge in [0.2, 0.25) is 0 Å². The lowest BCUT2D eigenvalue weighted by atomic mass is 10.1. The Kier molecular flexibility index (Phi) is 3.48. The molecule has 84 valence electrons. The molecule has 1 aromatic heterocycles. The maximum Gasteiger partial charge on any atom is 0.155 e. The molecule has 1 aromatic carbocycles. The van der Waals surface area contributed by atoms with Crippen LogP contribution in [0.25, 0.3) is 0 Å². The third-order valence-corrected chi connectivity index (χ3v) is 2.43. The van der Waals surface area contributed by atoms with Crippen molar-refractivity contribution in [3.05, 3.63) is 40.7 Å². The van der Waals surface area contributed by atoms with E-state index in [0.717, 1.165) is 16.4 Å². The average Bonchev–Trinajstić information content (AvgIpc) is 2.66. The molecule has 0 aliphatic carbocycles. The van der Waals surface area contributed by atoms with Crippen molar-refractivity contribution in [2.24, 2.45) is 5.73 Å². The molecular weight excluding hydrogens is 226 g/mol. The Bertz CT molecular complexity index is 468. The highest BCUT2D eigenvalue weighted by Gasteiger charge is 2.06. The van der Waals surface area contributed by atoms with Gasteiger partial charge < -0.3 is 5.73 Å². The van der Waals surface area contributed by atoms with Crippen molar-refractivity contribution in [1.82, 2.24) is 20.2 Å². The van der Waals surface area contributed by atoms with Crippen molar-refractivity contribution in [3.63, 3.8) is 0 Å². The topological polar surface area (TPSA) is 69.6 Å². The lowest BCUT2D eigenvalue weighted by Gasteiger charge is -2.03. The average molecular weight is 238 g/mol. The van der Waals surface area contributed by atoms with Gasteiger partial charge in [0.15, 0.2) is 5.82 Å². The van der Waals surface area contributed by atoms with Gasteiger partial charge in [-0.2, -0.15) is 0 Å². The van der Waals surface area contributed by atoms with Gasteiger partial charge in [-0.3, -0.25) is 0 Å². The number of tetrazole rings is 1. The number of benzene rings is 1. The Labute approximate surface area is 98.2 Å². The van der Waals surface area contributed by atoms with Gasteiger partial charge in [-0.15, -0.1) is 5.10 Å². The van der Waals surface area contributed by atoms with Crippen molar-refractivity contribution < 1.29 is 0 Å². The van der Waals surface area contributed by atoms with E-state index in [-0.39, 0.29) is 0 Å². The first-order valence-corrected chi connectivity index (χ1v) is 5.37. The number of nitrogens with two attached hydrogens (primary N) is 1. The summed E-state index contributed by atoms with van der Waals surface area (Å²) >= 11 is 5.91. The van der Waals surface area contributed by atoms with Gasteiger partial charge in [0.05, 0.1) is 6.54 Å². The van der Waals surface area contributed by atoms with E-state index in [2.05, 4.69) is 15.5 Å². The summed E-state index contributed by atoms with van der Waals surface area (Å²) < 4.78 is 1.71. The van der Waals surface area contributed by atoms with Crippen molar-refractivity contribution in [3.8, 4) is 0 Å². The van der Waals surface area contributed by atoms with Crippen LogP contribution < -0.4 is 5.73 Å². The maximum atomic E-state index is 5.91. The molecule has 1 heterocycles. The zero-order valence-electron chi connectivity index (χ0n) is 8.67. The smallest absolute Gasteiger partial charge is 0.155 e. The van der Waals surface area contributed by atoms with Gasteiger partial charge in [-0.05, 0) is 28.1 Å². The van der Waals surface area contributed by atoms with E-state index in [1.807, 2.05) is 24.3 Å². The zero-order chi connectivity index (χ0) is 11.4. The van der Waals surface area contributed by atoms with Crippen LogP contribution >= 0.6 is 11.6 Å². The molecule has 5 nitrogen and oxygen atoms in total. The van der Waals surface area contributed by atoms with Crippen LogP contribution in [-0.4, -0.2) is 26.8 Å². The molecule has 0 atom stereocenters. The number of hydrogen-bond acceptors (Lipinski definition) is 4. The van der Waals surface area contributed by atoms with E-state index >= 15 is 0 Å². The van der Waals surface area contributed by atoms with Gasteiger partial charge in [0, 0.05) is 18.0 Å². The van der Waals surface area contributed by atoms with Gasteiger partial charge in [-0.25, -0.2) is 4.68 Å². The molecular formula is C10H12ClN5. The second-order valence-corrected chi connectivity index (χ2v) is 3.85. The summed E-state index contributed by atoms with van der Waals surface area (Å²) in [4.78, 5) is 0. The van der Waals surface area contributed by atoms with Crippen LogP contribution in [0.4, 0.5) is 0 Å². The molecule has 0 bridgehead atoms. The summed E-state index contributed by atoms with van der Waals surface area (Å²) in [6.45, 7) is 1.15. The molecule has 2 rings (SSSR count). The first-order chi connectivity index (χ1) is 7.79. The summed E-state index contributed by atoms with van der Waals surface area (Å²) in [7, 11) is 0. The van der Waals surface area contributed by atoms with Crippen molar-refractivity contribution in [2.45, 2.75) is 13.0 Å². The zero-order valence-corrected chi connectivity index (χ0v) is 9.43. The minimum Gasteiger partial charge on any atom is -0.329 e. The van der Waals surface area contributed by atoms with E-state index in [9.17, 15) is 0 Å². The fraction of sp³-hybridized carbons (Fsp3) is 0.300. The summed E-state index contributed by atoms with van der Waals surface area (Å²) in [6, 6.07) is 7.65. The van der Waals surface area contributed by atoms with Gasteiger partial charge in [0.1, 0.15) is 0 Å². The standard InChI is InChI=1S/C10H12ClN5/c11-9-3-1-2-8(6-9)7-10-13-14-15-16(10)5-4-12/h1-3,6H,4-5,7,12H2. The molecule has 0 aliphatic rings. The second kappa shape index (κ2) is 5.05. The van der Waals surface area contributed by atoms with Crippen LogP contribution in [0.1, 0.15) is 11.4 Å². The largest absolute Gasteiger partial charge is 0.329 e. The monoisotopic (exact) mass is 237 g/mol. The fourth-order valence-electron chi connectivity index (χ4n) is 1.48. The van der Waals surface area contributed by atoms with Crippen LogP contribution in [0.5, 0.6) is 0 Å². The molecule has 0 unspecified atom stereocenters. The number of aromatic nitrogens is 4. The molecule has 0 spiro atoms. The Balaban J connectivity index is 2.17. The lowest BCUT2D eigenvalue weighted by Crippen LogP contribution is -2.14. The predicted octanol–water partition coefficient (Wildman–Crippen LogP) is 0.876. The highest BCUT2D eigenvalue weighted by Crippen LogP contribution is 2.13. The first kappa shape index (κ1) is 11.0. The Hall–Kier alpha value is -1.46. The molecule has 2 aromatic rings. The molecule has 0 aliphatic heterocycles. The SMILES string of the molecule is NCCn1nnnc1Cc1cccc(Cl)c1. The molecule has 0 fully saturated rings. The van der Waals surface area contributed by atoms with E-state index in [1.165, 1.54) is 0 Å². The summed E-state index contributed by atoms with van der Waals surface area (Å²) in [5.74, 6) is 0.799. The predicted molar refractivity (Wildman–Crippen MR) is 61.1 cm³/mol. The van der Waals surface area contributed by atoms with Crippen LogP contribution in [0.3, 0.4) is 0 Å². The molecule has 2 N–H and O–H groups in total. The molecule has 6 heteroatoms. The van der Waals surface area contributed by atoms with E-state index in [4.69, 9.17) is 17.3 Å². The van der Waals surface area contributed by atoms with Crippen molar-refractivity contribution in [2.75, 3.05) is 6.54 Å². The van der Waals surface area contributed by atoms with Crippen LogP contribution in [0.2, 0.25) is 5.02 Å². The van der Waals surface area contributed by atoms with E-state index in [1.54, 1.807) is 4.68 Å². The number of rotatable bonds is 4. The molecule has 0 amide bonds. The number of hydrogen-bond donors (Lipinski definition) is 1. The van der Waals surface area contributed by atoms with Crippen molar-refractivity contribution >= 4 is 11.6 Å². The van der Waals surface area contributed by atoms with Gasteiger partial charge in [-0.1, -0.05) is 23.7 Å². The number of halogens is 1. The third kappa shape index (κ3) is 2.56. The van der Waals surface area contributed by atoms with E-state index in [0.29, 0.717) is 19.5 Å². The van der Waals surface area contributed by atoms with Crippen LogP contribution in [-0.2, 0) is 13.0 Å². The minimum atomic E-state index is 0.521. The fourth-order valence-corrected chi connectivity index (χ4v) is 1.69. The highest BCUT2D eigenvalue weighted by molar-refractivity contribution is 6.30. The van der Waals surface area contributed by atoms with Crippen LogP contribution in [0.15, 0.2) is 24.3 Å². The molecule has 0 saturated carbocycles. The normalized spacial score (nSPS) is 10.6. The second-order valence-electron chi connectivity index (χ2n) is 3.41. The Morgan fingerprint density at radius 3 is 3.00 bits per heavy atom. The summed E-state index contributed by atoms with van der Waals surface area (Å²) in [5.41, 5.74) is 6.55. The summed E-state index contributed by atoms with van der Waals surface area (Å²) in [6.07, 6.45) is 0.660. The maximum absolute atomic E-state index is 5.91. The minimum absolute atomic E-state index is 0.521. The quantitative estimate of drug-likeness (QED) is 0.857. The van der Waals surface area contributed by atoms with Crippen molar-refractivity contribution in [1.29, 1.82) is 0 Å². The highest BCUT2D eigenvalue weighted by atomic mass is 35.5. The summed E-state index contributed by atoms with van der Waals surface area (Å²) in [5, 5.41) is 12.2. The Morgan fingerprint density at radius 1 is 1.38 bits per heavy atom. The molecule has 16 heavy (non-hydrogen) atoms. The lowest BCUT2D eigenvalue weighted by molar-refractivity contribution is 0.578. The Morgan fingerprint density at radius 2 is 2.25 bits per heavy atom. The molecule has 0 radical (unpaired) electrons. The van der Waals surface area contributed by atoms with Gasteiger partial charge >= 0.3 is 0 Å². The first-order valence-electron chi connectivity index (χ1n) is 4.99. The van der Waals surface area contributed by atoms with Gasteiger partial charge in [0.25, 0.3) is 0 Å². The molecule has 0 saturated heterocycles. The number of nitrogens with zero attached hydrogens (tertiary/aromatic N) is 4. The van der Waals surface area contributed by atoms with Crippen LogP contribution in [0, 0.1) is 0 Å².